The van der Waals surface area contributed by atoms with Crippen molar-refractivity contribution in [3.8, 4) is 6.07 Å². The van der Waals surface area contributed by atoms with Crippen LogP contribution < -0.4 is 0 Å². The van der Waals surface area contributed by atoms with Crippen molar-refractivity contribution in [1.29, 1.82) is 5.26 Å². The zero-order valence-corrected chi connectivity index (χ0v) is 13.5. The lowest BCUT2D eigenvalue weighted by atomic mass is 9.92. The highest BCUT2D eigenvalue weighted by molar-refractivity contribution is 6.18. The van der Waals surface area contributed by atoms with Crippen LogP contribution in [0.5, 0.6) is 0 Å². The van der Waals surface area contributed by atoms with Crippen LogP contribution in [0.1, 0.15) is 18.9 Å². The van der Waals surface area contributed by atoms with Crippen molar-refractivity contribution in [3.63, 3.8) is 0 Å². The van der Waals surface area contributed by atoms with Crippen molar-refractivity contribution in [3.05, 3.63) is 58.8 Å². The van der Waals surface area contributed by atoms with E-state index in [9.17, 15) is 14.9 Å². The average molecular weight is 309 g/mol. The van der Waals surface area contributed by atoms with E-state index in [0.717, 1.165) is 10.5 Å². The van der Waals surface area contributed by atoms with Gasteiger partial charge >= 0.3 is 0 Å². The number of hydrogen-bond acceptors (Lipinski definition) is 4. The molecule has 0 bridgehead atoms. The predicted molar refractivity (Wildman–Crippen MR) is 86.7 cm³/mol. The zero-order valence-electron chi connectivity index (χ0n) is 13.5. The molecular weight excluding hydrogens is 290 g/mol. The second-order valence-electron chi connectivity index (χ2n) is 5.51. The van der Waals surface area contributed by atoms with Crippen molar-refractivity contribution in [2.75, 3.05) is 14.1 Å². The summed E-state index contributed by atoms with van der Waals surface area (Å²) in [5, 5.41) is 9.38. The van der Waals surface area contributed by atoms with E-state index in [0.29, 0.717) is 17.6 Å². The van der Waals surface area contributed by atoms with E-state index in [1.54, 1.807) is 25.2 Å². The Bertz CT molecular complexity index is 724. The first kappa shape index (κ1) is 16.5. The first-order chi connectivity index (χ1) is 11.0. The van der Waals surface area contributed by atoms with Crippen LogP contribution in [0.2, 0.25) is 0 Å². The molecule has 1 aliphatic heterocycles. The topological polar surface area (TPSA) is 64.4 Å². The Labute approximate surface area is 136 Å². The molecule has 0 aromatic heterocycles. The first-order valence-electron chi connectivity index (χ1n) is 7.41. The molecular formula is C18H19N3O2. The summed E-state index contributed by atoms with van der Waals surface area (Å²) in [6.45, 7) is 2.00. The van der Waals surface area contributed by atoms with Gasteiger partial charge in [-0.25, -0.2) is 0 Å². The van der Waals surface area contributed by atoms with Crippen molar-refractivity contribution in [2.45, 2.75) is 19.9 Å². The molecule has 0 spiro atoms. The summed E-state index contributed by atoms with van der Waals surface area (Å²) in [5.41, 5.74) is 1.82. The lowest BCUT2D eigenvalue weighted by molar-refractivity contribution is -0.141. The van der Waals surface area contributed by atoms with Crippen LogP contribution in [-0.2, 0) is 16.1 Å². The summed E-state index contributed by atoms with van der Waals surface area (Å²) < 4.78 is 0. The lowest BCUT2D eigenvalue weighted by Crippen LogP contribution is -2.42. The number of nitriles is 1. The number of carbonyl (C=O) groups excluding carboxylic acids is 2. The smallest absolute Gasteiger partial charge is 0.272 e. The lowest BCUT2D eigenvalue weighted by Gasteiger charge is -2.29. The molecule has 0 radical (unpaired) electrons. The average Bonchev–Trinajstić information content (AvgIpc) is 2.54. The molecule has 23 heavy (non-hydrogen) atoms. The predicted octanol–water partition coefficient (Wildman–Crippen LogP) is 2.23. The highest BCUT2D eigenvalue weighted by Gasteiger charge is 2.36. The summed E-state index contributed by atoms with van der Waals surface area (Å²) in [6.07, 6.45) is 2.13. The van der Waals surface area contributed by atoms with Crippen molar-refractivity contribution in [1.82, 2.24) is 9.80 Å². The Kier molecular flexibility index (Phi) is 4.97. The molecule has 0 N–H and O–H groups in total. The van der Waals surface area contributed by atoms with Crippen molar-refractivity contribution < 1.29 is 9.59 Å². The number of hydrogen-bond donors (Lipinski definition) is 0. The Morgan fingerprint density at radius 2 is 1.83 bits per heavy atom. The molecule has 0 unspecified atom stereocenters. The van der Waals surface area contributed by atoms with E-state index in [4.69, 9.17) is 0 Å². The van der Waals surface area contributed by atoms with E-state index < -0.39 is 5.91 Å². The molecule has 5 nitrogen and oxygen atoms in total. The zero-order chi connectivity index (χ0) is 17.0. The Hall–Kier alpha value is -2.87. The third-order valence-electron chi connectivity index (χ3n) is 3.60. The quantitative estimate of drug-likeness (QED) is 0.632. The third kappa shape index (κ3) is 3.32. The number of rotatable bonds is 4. The van der Waals surface area contributed by atoms with Gasteiger partial charge in [0.05, 0.1) is 12.1 Å². The number of nitrogens with zero attached hydrogens (tertiary/aromatic N) is 3. The summed E-state index contributed by atoms with van der Waals surface area (Å²) in [6, 6.07) is 11.2. The van der Waals surface area contributed by atoms with Crippen LogP contribution in [-0.4, -0.2) is 35.7 Å². The summed E-state index contributed by atoms with van der Waals surface area (Å²) in [7, 11) is 3.61. The van der Waals surface area contributed by atoms with Gasteiger partial charge in [-0.3, -0.25) is 14.5 Å². The summed E-state index contributed by atoms with van der Waals surface area (Å²) >= 11 is 0. The highest BCUT2D eigenvalue weighted by atomic mass is 16.2. The maximum atomic E-state index is 12.8. The Morgan fingerprint density at radius 1 is 1.17 bits per heavy atom. The van der Waals surface area contributed by atoms with Gasteiger partial charge in [0.2, 0.25) is 0 Å². The van der Waals surface area contributed by atoms with E-state index in [-0.39, 0.29) is 18.0 Å². The van der Waals surface area contributed by atoms with Gasteiger partial charge in [0, 0.05) is 20.3 Å². The van der Waals surface area contributed by atoms with Crippen LogP contribution in [0, 0.1) is 11.3 Å². The fraction of sp³-hybridized carbons (Fsp3) is 0.278. The molecule has 1 heterocycles. The van der Waals surface area contributed by atoms with Gasteiger partial charge in [0.15, 0.2) is 0 Å². The highest BCUT2D eigenvalue weighted by Crippen LogP contribution is 2.28. The van der Waals surface area contributed by atoms with Gasteiger partial charge in [-0.1, -0.05) is 37.3 Å². The van der Waals surface area contributed by atoms with Crippen molar-refractivity contribution >= 4 is 11.8 Å². The van der Waals surface area contributed by atoms with Crippen LogP contribution in [0.25, 0.3) is 0 Å². The largest absolute Gasteiger partial charge is 0.383 e. The SMILES string of the molecule is CCC1=C(C#N)C(=O)N(Cc2ccccc2)C(=O)/C1=C\N(C)C. The van der Waals surface area contributed by atoms with Gasteiger partial charge < -0.3 is 4.90 Å². The molecule has 1 aromatic rings. The molecule has 0 atom stereocenters. The van der Waals surface area contributed by atoms with Gasteiger partial charge in [0.25, 0.3) is 11.8 Å². The van der Waals surface area contributed by atoms with Gasteiger partial charge in [-0.15, -0.1) is 0 Å². The molecule has 0 fully saturated rings. The maximum absolute atomic E-state index is 12.8. The second-order valence-corrected chi connectivity index (χ2v) is 5.51. The van der Waals surface area contributed by atoms with Crippen LogP contribution in [0.15, 0.2) is 53.3 Å². The molecule has 0 aliphatic carbocycles. The summed E-state index contributed by atoms with van der Waals surface area (Å²) in [5.74, 6) is -0.877. The molecule has 1 aromatic carbocycles. The first-order valence-corrected chi connectivity index (χ1v) is 7.41. The summed E-state index contributed by atoms with van der Waals surface area (Å²) in [4.78, 5) is 28.2. The third-order valence-corrected chi connectivity index (χ3v) is 3.60. The van der Waals surface area contributed by atoms with E-state index in [2.05, 4.69) is 0 Å². The van der Waals surface area contributed by atoms with Crippen LogP contribution in [0.3, 0.4) is 0 Å². The number of imide groups is 1. The Morgan fingerprint density at radius 3 is 2.35 bits per heavy atom. The second kappa shape index (κ2) is 6.93. The normalized spacial score (nSPS) is 16.8. The monoisotopic (exact) mass is 309 g/mol. The standard InChI is InChI=1S/C18H19N3O2/c1-4-14-15(10-19)17(22)21(11-13-8-6-5-7-9-13)18(23)16(14)12-20(2)3/h5-9,12H,4,11H2,1-3H3/b16-12-. The molecule has 0 saturated carbocycles. The minimum Gasteiger partial charge on any atom is -0.383 e. The van der Waals surface area contributed by atoms with Crippen LogP contribution in [0.4, 0.5) is 0 Å². The fourth-order valence-electron chi connectivity index (χ4n) is 2.55. The van der Waals surface area contributed by atoms with Crippen molar-refractivity contribution in [2.24, 2.45) is 0 Å². The number of carbonyl (C=O) groups is 2. The number of benzene rings is 1. The molecule has 2 amide bonds. The molecule has 118 valence electrons. The minimum atomic E-state index is -0.519. The minimum absolute atomic E-state index is 0.0520. The van der Waals surface area contributed by atoms with Crippen LogP contribution >= 0.6 is 0 Å². The maximum Gasteiger partial charge on any atom is 0.272 e. The molecule has 1 aliphatic rings. The Balaban J connectivity index is 2.51. The van der Waals surface area contributed by atoms with Gasteiger partial charge in [-0.2, -0.15) is 5.26 Å². The van der Waals surface area contributed by atoms with E-state index >= 15 is 0 Å². The van der Waals surface area contributed by atoms with E-state index in [1.807, 2.05) is 43.3 Å². The molecule has 2 rings (SSSR count). The van der Waals surface area contributed by atoms with E-state index in [1.165, 1.54) is 0 Å². The molecule has 5 heteroatoms. The number of amides is 2. The van der Waals surface area contributed by atoms with Gasteiger partial charge in [0.1, 0.15) is 11.6 Å². The van der Waals surface area contributed by atoms with Gasteiger partial charge in [-0.05, 0) is 17.6 Å². The fourth-order valence-corrected chi connectivity index (χ4v) is 2.55. The molecule has 0 saturated heterocycles.